The van der Waals surface area contributed by atoms with Gasteiger partial charge in [0, 0.05) is 0 Å². The molecule has 2 aliphatic rings. The van der Waals surface area contributed by atoms with E-state index in [4.69, 9.17) is 21.7 Å². The summed E-state index contributed by atoms with van der Waals surface area (Å²) in [6.45, 7) is 1.99. The van der Waals surface area contributed by atoms with Crippen molar-refractivity contribution in [2.24, 2.45) is 0 Å². The molecule has 136 valence electrons. The summed E-state index contributed by atoms with van der Waals surface area (Å²) in [6.07, 6.45) is 1.73. The van der Waals surface area contributed by atoms with Crippen molar-refractivity contribution in [1.82, 2.24) is 0 Å². The van der Waals surface area contributed by atoms with Crippen LogP contribution < -0.4 is 14.4 Å². The predicted octanol–water partition coefficient (Wildman–Crippen LogP) is 3.83. The number of carbonyl (C=O) groups is 2. The van der Waals surface area contributed by atoms with E-state index in [0.29, 0.717) is 26.4 Å². The average molecular weight is 399 g/mol. The molecular formula is C19H13NO5S2. The second kappa shape index (κ2) is 6.71. The maximum absolute atomic E-state index is 12.9. The number of benzene rings is 2. The Morgan fingerprint density at radius 1 is 1.22 bits per heavy atom. The smallest absolute Gasteiger partial charge is 0.335 e. The van der Waals surface area contributed by atoms with Gasteiger partial charge in [-0.25, -0.2) is 4.79 Å². The number of ether oxygens (including phenoxy) is 2. The number of carboxylic acids is 1. The molecule has 2 aliphatic heterocycles. The van der Waals surface area contributed by atoms with Gasteiger partial charge in [-0.3, -0.25) is 9.69 Å². The quantitative estimate of drug-likeness (QED) is 0.621. The Morgan fingerprint density at radius 3 is 2.78 bits per heavy atom. The minimum Gasteiger partial charge on any atom is -0.478 e. The largest absolute Gasteiger partial charge is 0.478 e. The number of hydrogen-bond acceptors (Lipinski definition) is 6. The van der Waals surface area contributed by atoms with Crippen molar-refractivity contribution in [3.05, 3.63) is 58.0 Å². The fraction of sp³-hybridized carbons (Fsp3) is 0.105. The summed E-state index contributed by atoms with van der Waals surface area (Å²) in [7, 11) is 0. The first kappa shape index (κ1) is 17.6. The van der Waals surface area contributed by atoms with Gasteiger partial charge in [0.05, 0.1) is 16.2 Å². The Balaban J connectivity index is 1.68. The number of anilines is 1. The number of amides is 1. The van der Waals surface area contributed by atoms with Crippen molar-refractivity contribution in [2.45, 2.75) is 6.92 Å². The summed E-state index contributed by atoms with van der Waals surface area (Å²) in [5.41, 5.74) is 2.13. The number of thioether (sulfide) groups is 1. The maximum Gasteiger partial charge on any atom is 0.335 e. The minimum absolute atomic E-state index is 0.101. The fourth-order valence-electron chi connectivity index (χ4n) is 2.81. The second-order valence-electron chi connectivity index (χ2n) is 5.94. The van der Waals surface area contributed by atoms with Crippen LogP contribution in [0.2, 0.25) is 0 Å². The van der Waals surface area contributed by atoms with Crippen LogP contribution in [0.1, 0.15) is 21.5 Å². The van der Waals surface area contributed by atoms with E-state index < -0.39 is 5.97 Å². The highest BCUT2D eigenvalue weighted by atomic mass is 32.2. The Kier molecular flexibility index (Phi) is 4.37. The van der Waals surface area contributed by atoms with Gasteiger partial charge in [-0.2, -0.15) is 0 Å². The topological polar surface area (TPSA) is 76.1 Å². The Bertz CT molecular complexity index is 1030. The number of hydrogen-bond donors (Lipinski definition) is 1. The highest BCUT2D eigenvalue weighted by Crippen LogP contribution is 2.39. The van der Waals surface area contributed by atoms with Gasteiger partial charge in [0.2, 0.25) is 6.79 Å². The van der Waals surface area contributed by atoms with Gasteiger partial charge >= 0.3 is 5.97 Å². The van der Waals surface area contributed by atoms with Crippen LogP contribution in [0.3, 0.4) is 0 Å². The zero-order chi connectivity index (χ0) is 19.1. The average Bonchev–Trinajstić information content (AvgIpc) is 3.20. The van der Waals surface area contributed by atoms with Crippen molar-refractivity contribution < 1.29 is 24.2 Å². The predicted molar refractivity (Wildman–Crippen MR) is 106 cm³/mol. The van der Waals surface area contributed by atoms with Crippen molar-refractivity contribution in [3.63, 3.8) is 0 Å². The molecule has 1 fully saturated rings. The SMILES string of the molecule is Cc1ccc(C(=O)O)cc1N1C(=O)/C(=C/c2ccc3c(c2)OCO3)SC1=S. The molecule has 6 nitrogen and oxygen atoms in total. The number of fused-ring (bicyclic) bond motifs is 1. The van der Waals surface area contributed by atoms with E-state index in [0.717, 1.165) is 11.1 Å². The van der Waals surface area contributed by atoms with Crippen LogP contribution in [0.15, 0.2) is 41.3 Å². The Labute approximate surface area is 164 Å². The maximum atomic E-state index is 12.9. The molecule has 0 aliphatic carbocycles. The zero-order valence-corrected chi connectivity index (χ0v) is 15.7. The summed E-state index contributed by atoms with van der Waals surface area (Å²) < 4.78 is 11.0. The number of nitrogens with zero attached hydrogens (tertiary/aromatic N) is 1. The molecule has 2 aromatic carbocycles. The Morgan fingerprint density at radius 2 is 2.00 bits per heavy atom. The normalized spacial score (nSPS) is 17.1. The molecule has 0 atom stereocenters. The van der Waals surface area contributed by atoms with Crippen LogP contribution >= 0.6 is 24.0 Å². The zero-order valence-electron chi connectivity index (χ0n) is 14.1. The summed E-state index contributed by atoms with van der Waals surface area (Å²) in [4.78, 5) is 26.0. The van der Waals surface area contributed by atoms with Crippen LogP contribution in [0.25, 0.3) is 6.08 Å². The number of aryl methyl sites for hydroxylation is 1. The van der Waals surface area contributed by atoms with Gasteiger partial charge in [0.15, 0.2) is 15.8 Å². The van der Waals surface area contributed by atoms with E-state index >= 15 is 0 Å². The van der Waals surface area contributed by atoms with E-state index in [1.807, 2.05) is 6.07 Å². The van der Waals surface area contributed by atoms with E-state index in [1.54, 1.807) is 31.2 Å². The number of carbonyl (C=O) groups excluding carboxylic acids is 1. The van der Waals surface area contributed by atoms with Crippen LogP contribution in [0.4, 0.5) is 5.69 Å². The summed E-state index contributed by atoms with van der Waals surface area (Å²) in [5.74, 6) is -0.0454. The van der Waals surface area contributed by atoms with Gasteiger partial charge < -0.3 is 14.6 Å². The molecule has 2 heterocycles. The summed E-state index contributed by atoms with van der Waals surface area (Å²) >= 11 is 6.55. The highest BCUT2D eigenvalue weighted by molar-refractivity contribution is 8.27. The molecule has 1 saturated heterocycles. The number of aromatic carboxylic acids is 1. The van der Waals surface area contributed by atoms with Gasteiger partial charge in [0.25, 0.3) is 5.91 Å². The van der Waals surface area contributed by atoms with Crippen LogP contribution in [-0.4, -0.2) is 28.1 Å². The minimum atomic E-state index is -1.06. The third-order valence-corrected chi connectivity index (χ3v) is 5.49. The lowest BCUT2D eigenvalue weighted by atomic mass is 10.1. The summed E-state index contributed by atoms with van der Waals surface area (Å²) in [6, 6.07) is 10.0. The molecule has 0 spiro atoms. The van der Waals surface area contributed by atoms with Crippen LogP contribution in [0, 0.1) is 6.92 Å². The van der Waals surface area contributed by atoms with Gasteiger partial charge in [-0.1, -0.05) is 36.1 Å². The molecule has 4 rings (SSSR count). The third-order valence-electron chi connectivity index (χ3n) is 4.19. The van der Waals surface area contributed by atoms with Crippen molar-refractivity contribution >= 4 is 51.9 Å². The molecule has 0 unspecified atom stereocenters. The van der Waals surface area contributed by atoms with E-state index in [-0.39, 0.29) is 18.3 Å². The Hall–Kier alpha value is -2.84. The molecular weight excluding hydrogens is 386 g/mol. The summed E-state index contributed by atoms with van der Waals surface area (Å²) in [5, 5.41) is 9.22. The third kappa shape index (κ3) is 3.17. The van der Waals surface area contributed by atoms with Crippen molar-refractivity contribution in [2.75, 3.05) is 11.7 Å². The molecule has 2 aromatic rings. The lowest BCUT2D eigenvalue weighted by Gasteiger charge is -2.17. The van der Waals surface area contributed by atoms with Crippen LogP contribution in [0.5, 0.6) is 11.5 Å². The first-order valence-electron chi connectivity index (χ1n) is 7.95. The second-order valence-corrected chi connectivity index (χ2v) is 7.61. The van der Waals surface area contributed by atoms with E-state index in [1.165, 1.54) is 28.8 Å². The molecule has 0 aromatic heterocycles. The van der Waals surface area contributed by atoms with Crippen LogP contribution in [-0.2, 0) is 4.79 Å². The molecule has 1 N–H and O–H groups in total. The van der Waals surface area contributed by atoms with Crippen molar-refractivity contribution in [3.8, 4) is 11.5 Å². The molecule has 0 bridgehead atoms. The molecule has 27 heavy (non-hydrogen) atoms. The lowest BCUT2D eigenvalue weighted by Crippen LogP contribution is -2.28. The first-order valence-corrected chi connectivity index (χ1v) is 9.18. The molecule has 0 saturated carbocycles. The number of thiocarbonyl (C=S) groups is 1. The standard InChI is InChI=1S/C19H13NO5S2/c1-10-2-4-12(18(22)23)8-13(10)20-17(21)16(27-19(20)26)7-11-3-5-14-15(6-11)25-9-24-14/h2-8H,9H2,1H3,(H,22,23)/b16-7-. The monoisotopic (exact) mass is 399 g/mol. The van der Waals surface area contributed by atoms with E-state index in [9.17, 15) is 14.7 Å². The first-order chi connectivity index (χ1) is 12.9. The van der Waals surface area contributed by atoms with Gasteiger partial charge in [-0.15, -0.1) is 0 Å². The lowest BCUT2D eigenvalue weighted by molar-refractivity contribution is -0.113. The van der Waals surface area contributed by atoms with Crippen molar-refractivity contribution in [1.29, 1.82) is 0 Å². The molecule has 1 amide bonds. The fourth-order valence-corrected chi connectivity index (χ4v) is 4.10. The highest BCUT2D eigenvalue weighted by Gasteiger charge is 2.34. The van der Waals surface area contributed by atoms with Gasteiger partial charge in [0.1, 0.15) is 0 Å². The number of rotatable bonds is 3. The molecule has 8 heteroatoms. The number of carboxylic acid groups (broad SMARTS) is 1. The molecule has 0 radical (unpaired) electrons. The van der Waals surface area contributed by atoms with Gasteiger partial charge in [-0.05, 0) is 48.4 Å². The van der Waals surface area contributed by atoms with E-state index in [2.05, 4.69) is 0 Å².